The Balaban J connectivity index is 0. The lowest BCUT2D eigenvalue weighted by atomic mass is 9.99. The van der Waals surface area contributed by atoms with Crippen LogP contribution in [-0.2, 0) is 0 Å². The average Bonchev–Trinajstić information content (AvgIpc) is 2.57. The van der Waals surface area contributed by atoms with Gasteiger partial charge in [-0.15, -0.1) is 0 Å². The maximum absolute atomic E-state index is 2.36. The summed E-state index contributed by atoms with van der Waals surface area (Å²) in [6.45, 7) is 4.60. The first-order chi connectivity index (χ1) is 11.7. The van der Waals surface area contributed by atoms with Gasteiger partial charge in [-0.1, -0.05) is 104 Å². The maximum Gasteiger partial charge on any atom is 0.0870 e. The van der Waals surface area contributed by atoms with Crippen LogP contribution < -0.4 is 21.9 Å². The minimum atomic E-state index is 0. The standard InChI is InChI=1S/C23H49N.BrH/c1-5-7-9-11-13-15-17-19-21-23(24(3)4)22-20-18-16-14-12-10-8-6-2;/h23H,5-22H2,1-4H3;1H. The predicted octanol–water partition coefficient (Wildman–Crippen LogP) is 3.57. The zero-order valence-electron chi connectivity index (χ0n) is 18.2. The summed E-state index contributed by atoms with van der Waals surface area (Å²) in [7, 11) is 4.72. The molecule has 0 heterocycles. The van der Waals surface area contributed by atoms with Gasteiger partial charge >= 0.3 is 0 Å². The van der Waals surface area contributed by atoms with Crippen molar-refractivity contribution in [2.75, 3.05) is 14.1 Å². The Hall–Kier alpha value is 0.440. The van der Waals surface area contributed by atoms with Crippen molar-refractivity contribution >= 4 is 0 Å². The van der Waals surface area contributed by atoms with Gasteiger partial charge in [-0.05, 0) is 25.7 Å². The Bertz CT molecular complexity index is 210. The molecule has 1 N–H and O–H groups in total. The molecule has 154 valence electrons. The molecule has 25 heavy (non-hydrogen) atoms. The van der Waals surface area contributed by atoms with Crippen molar-refractivity contribution < 1.29 is 21.9 Å². The highest BCUT2D eigenvalue weighted by molar-refractivity contribution is 4.58. The number of rotatable bonds is 19. The third kappa shape index (κ3) is 20.6. The zero-order chi connectivity index (χ0) is 17.9. The molecular formula is C23H50BrN. The number of hydrogen-bond donors (Lipinski definition) is 1. The molecule has 1 nitrogen and oxygen atoms in total. The SMILES string of the molecule is CCCCCCCCCCC(CCCCCCCCCC)[NH+](C)C.[Br-]. The molecule has 0 aromatic rings. The molecule has 0 unspecified atom stereocenters. The van der Waals surface area contributed by atoms with Crippen LogP contribution in [-0.4, -0.2) is 20.1 Å². The largest absolute Gasteiger partial charge is 1.00 e. The Morgan fingerprint density at radius 3 is 1.04 bits per heavy atom. The molecule has 0 bridgehead atoms. The van der Waals surface area contributed by atoms with Gasteiger partial charge < -0.3 is 21.9 Å². The van der Waals surface area contributed by atoms with Crippen molar-refractivity contribution in [3.8, 4) is 0 Å². The Morgan fingerprint density at radius 2 is 0.760 bits per heavy atom. The van der Waals surface area contributed by atoms with Crippen molar-refractivity contribution in [2.45, 2.75) is 135 Å². The van der Waals surface area contributed by atoms with Crippen LogP contribution in [0, 0.1) is 0 Å². The van der Waals surface area contributed by atoms with Gasteiger partial charge in [0, 0.05) is 0 Å². The van der Waals surface area contributed by atoms with Crippen molar-refractivity contribution in [3.63, 3.8) is 0 Å². The van der Waals surface area contributed by atoms with Crippen LogP contribution >= 0.6 is 0 Å². The van der Waals surface area contributed by atoms with Gasteiger partial charge in [0.05, 0.1) is 20.1 Å². The first-order valence-electron chi connectivity index (χ1n) is 11.5. The van der Waals surface area contributed by atoms with E-state index in [1.165, 1.54) is 116 Å². The topological polar surface area (TPSA) is 4.44 Å². The van der Waals surface area contributed by atoms with Crippen LogP contribution in [0.2, 0.25) is 0 Å². The lowest BCUT2D eigenvalue weighted by molar-refractivity contribution is -0.886. The quantitative estimate of drug-likeness (QED) is 0.305. The number of halogens is 1. The van der Waals surface area contributed by atoms with Gasteiger partial charge in [-0.25, -0.2) is 0 Å². The number of hydrogen-bond acceptors (Lipinski definition) is 0. The van der Waals surface area contributed by atoms with Crippen molar-refractivity contribution in [3.05, 3.63) is 0 Å². The normalized spacial score (nSPS) is 11.3. The van der Waals surface area contributed by atoms with E-state index in [1.54, 1.807) is 4.90 Å². The van der Waals surface area contributed by atoms with Crippen molar-refractivity contribution in [1.29, 1.82) is 0 Å². The monoisotopic (exact) mass is 419 g/mol. The van der Waals surface area contributed by atoms with Gasteiger partial charge in [0.2, 0.25) is 0 Å². The summed E-state index contributed by atoms with van der Waals surface area (Å²) in [5.41, 5.74) is 0. The summed E-state index contributed by atoms with van der Waals surface area (Å²) in [4.78, 5) is 1.68. The van der Waals surface area contributed by atoms with Gasteiger partial charge in [-0.2, -0.15) is 0 Å². The van der Waals surface area contributed by atoms with Gasteiger partial charge in [0.25, 0.3) is 0 Å². The molecule has 0 saturated carbocycles. The predicted molar refractivity (Wildman–Crippen MR) is 111 cm³/mol. The molecule has 0 amide bonds. The first kappa shape index (κ1) is 27.7. The zero-order valence-corrected chi connectivity index (χ0v) is 19.8. The number of nitrogens with one attached hydrogen (secondary N) is 1. The second-order valence-electron chi connectivity index (χ2n) is 8.30. The van der Waals surface area contributed by atoms with Crippen LogP contribution in [0.15, 0.2) is 0 Å². The summed E-state index contributed by atoms with van der Waals surface area (Å²) < 4.78 is 0. The van der Waals surface area contributed by atoms with Gasteiger partial charge in [-0.3, -0.25) is 0 Å². The van der Waals surface area contributed by atoms with Crippen molar-refractivity contribution in [1.82, 2.24) is 0 Å². The molecule has 2 heteroatoms. The maximum atomic E-state index is 2.36. The second-order valence-corrected chi connectivity index (χ2v) is 8.30. The molecule has 0 radical (unpaired) electrons. The van der Waals surface area contributed by atoms with Crippen LogP contribution in [0.25, 0.3) is 0 Å². The molecule has 0 fully saturated rings. The van der Waals surface area contributed by atoms with E-state index in [4.69, 9.17) is 0 Å². The molecule has 0 aromatic heterocycles. The fraction of sp³-hybridized carbons (Fsp3) is 1.00. The lowest BCUT2D eigenvalue weighted by Gasteiger charge is -2.21. The molecule has 0 atom stereocenters. The molecule has 0 aliphatic rings. The minimum Gasteiger partial charge on any atom is -1.00 e. The van der Waals surface area contributed by atoms with E-state index in [1.807, 2.05) is 0 Å². The molecule has 0 aliphatic heterocycles. The third-order valence-corrected chi connectivity index (χ3v) is 5.63. The van der Waals surface area contributed by atoms with E-state index in [-0.39, 0.29) is 17.0 Å². The highest BCUT2D eigenvalue weighted by Crippen LogP contribution is 2.14. The summed E-state index contributed by atoms with van der Waals surface area (Å²) >= 11 is 0. The molecule has 0 saturated heterocycles. The fourth-order valence-electron chi connectivity index (χ4n) is 3.77. The molecule has 0 aliphatic carbocycles. The van der Waals surface area contributed by atoms with Gasteiger partial charge in [0.15, 0.2) is 0 Å². The first-order valence-corrected chi connectivity index (χ1v) is 11.5. The van der Waals surface area contributed by atoms with E-state index in [2.05, 4.69) is 27.9 Å². The summed E-state index contributed by atoms with van der Waals surface area (Å²) in [5.74, 6) is 0. The molecule has 0 spiro atoms. The van der Waals surface area contributed by atoms with Gasteiger partial charge in [0.1, 0.15) is 0 Å². The van der Waals surface area contributed by atoms with Crippen LogP contribution in [0.5, 0.6) is 0 Å². The average molecular weight is 421 g/mol. The minimum absolute atomic E-state index is 0. The lowest BCUT2D eigenvalue weighted by Crippen LogP contribution is -3.10. The summed E-state index contributed by atoms with van der Waals surface area (Å²) in [6.07, 6.45) is 26.1. The Morgan fingerprint density at radius 1 is 0.480 bits per heavy atom. The van der Waals surface area contributed by atoms with Crippen LogP contribution in [0.1, 0.15) is 129 Å². The van der Waals surface area contributed by atoms with E-state index >= 15 is 0 Å². The van der Waals surface area contributed by atoms with Crippen LogP contribution in [0.4, 0.5) is 0 Å². The highest BCUT2D eigenvalue weighted by atomic mass is 79.9. The third-order valence-electron chi connectivity index (χ3n) is 5.63. The molecule has 0 aromatic carbocycles. The van der Waals surface area contributed by atoms with E-state index in [0.29, 0.717) is 0 Å². The molecular weight excluding hydrogens is 370 g/mol. The summed E-state index contributed by atoms with van der Waals surface area (Å²) in [5, 5.41) is 0. The Kier molecular flexibility index (Phi) is 24.9. The van der Waals surface area contributed by atoms with Crippen molar-refractivity contribution in [2.24, 2.45) is 0 Å². The van der Waals surface area contributed by atoms with Crippen LogP contribution in [0.3, 0.4) is 0 Å². The summed E-state index contributed by atoms with van der Waals surface area (Å²) in [6, 6.07) is 0.908. The smallest absolute Gasteiger partial charge is 0.0870 e. The highest BCUT2D eigenvalue weighted by Gasteiger charge is 2.13. The van der Waals surface area contributed by atoms with E-state index in [0.717, 1.165) is 6.04 Å². The number of quaternary nitrogens is 1. The van der Waals surface area contributed by atoms with E-state index in [9.17, 15) is 0 Å². The second kappa shape index (κ2) is 22.5. The molecule has 0 rings (SSSR count). The Labute approximate surface area is 171 Å². The number of unbranched alkanes of at least 4 members (excludes halogenated alkanes) is 14. The van der Waals surface area contributed by atoms with E-state index < -0.39 is 0 Å². The fourth-order valence-corrected chi connectivity index (χ4v) is 3.77.